The molecule has 142 valence electrons. The monoisotopic (exact) mass is 363 g/mol. The number of nitrogens with one attached hydrogen (secondary N) is 2. The van der Waals surface area contributed by atoms with E-state index in [1.807, 2.05) is 19.1 Å². The van der Waals surface area contributed by atoms with Crippen LogP contribution in [-0.4, -0.2) is 67.8 Å². The first-order valence-corrected chi connectivity index (χ1v) is 9.18. The van der Waals surface area contributed by atoms with Gasteiger partial charge in [-0.3, -0.25) is 4.98 Å². The molecule has 4 rings (SSSR count). The second-order valence-corrected chi connectivity index (χ2v) is 6.94. The van der Waals surface area contributed by atoms with Gasteiger partial charge in [-0.1, -0.05) is 0 Å². The average Bonchev–Trinajstić information content (AvgIpc) is 3.36. The zero-order valence-corrected chi connectivity index (χ0v) is 14.8. The average molecular weight is 363 g/mol. The summed E-state index contributed by atoms with van der Waals surface area (Å²) in [6.07, 6.45) is 3.30. The molecule has 8 nitrogen and oxygen atoms in total. The molecule has 0 spiro atoms. The predicted octanol–water partition coefficient (Wildman–Crippen LogP) is 0.782. The molecule has 8 heteroatoms. The van der Waals surface area contributed by atoms with Gasteiger partial charge < -0.3 is 29.6 Å². The van der Waals surface area contributed by atoms with Crippen molar-refractivity contribution in [3.05, 3.63) is 24.0 Å². The number of amides is 2. The van der Waals surface area contributed by atoms with Crippen LogP contribution in [0.15, 0.2) is 18.3 Å². The first kappa shape index (κ1) is 17.5. The van der Waals surface area contributed by atoms with Crippen LogP contribution in [0.5, 0.6) is 5.75 Å². The number of rotatable bonds is 5. The normalized spacial score (nSPS) is 33.0. The number of urea groups is 1. The Bertz CT molecular complexity index is 637. The highest BCUT2D eigenvalue weighted by Gasteiger charge is 2.49. The lowest BCUT2D eigenvalue weighted by Crippen LogP contribution is -2.49. The largest absolute Gasteiger partial charge is 0.483 e. The molecule has 0 aliphatic carbocycles. The summed E-state index contributed by atoms with van der Waals surface area (Å²) in [7, 11) is 0. The van der Waals surface area contributed by atoms with E-state index in [0.717, 1.165) is 30.9 Å². The number of carbonyl (C=O) groups is 1. The first-order valence-electron chi connectivity index (χ1n) is 9.18. The van der Waals surface area contributed by atoms with Gasteiger partial charge in [0, 0.05) is 19.3 Å². The third kappa shape index (κ3) is 3.77. The van der Waals surface area contributed by atoms with Crippen LogP contribution in [0.3, 0.4) is 0 Å². The predicted molar refractivity (Wildman–Crippen MR) is 92.2 cm³/mol. The third-order valence-electron chi connectivity index (χ3n) is 5.08. The topological polar surface area (TPSA) is 90.9 Å². The lowest BCUT2D eigenvalue weighted by Gasteiger charge is -2.19. The van der Waals surface area contributed by atoms with Crippen LogP contribution in [-0.2, 0) is 14.2 Å². The maximum Gasteiger partial charge on any atom is 0.315 e. The molecule has 0 saturated carbocycles. The van der Waals surface area contributed by atoms with Gasteiger partial charge in [-0.2, -0.15) is 0 Å². The quantitative estimate of drug-likeness (QED) is 0.804. The summed E-state index contributed by atoms with van der Waals surface area (Å²) in [4.78, 5) is 16.4. The fourth-order valence-electron chi connectivity index (χ4n) is 3.68. The van der Waals surface area contributed by atoms with Crippen LogP contribution in [0.4, 0.5) is 4.79 Å². The van der Waals surface area contributed by atoms with E-state index in [9.17, 15) is 4.79 Å². The maximum atomic E-state index is 12.1. The van der Waals surface area contributed by atoms with Gasteiger partial charge in [0.2, 0.25) is 0 Å². The number of nitrogens with zero attached hydrogens (tertiary/aromatic N) is 1. The van der Waals surface area contributed by atoms with E-state index in [-0.39, 0.29) is 36.5 Å². The van der Waals surface area contributed by atoms with Crippen LogP contribution in [0.1, 0.15) is 18.5 Å². The Labute approximate surface area is 152 Å². The number of fused-ring (bicyclic) bond motifs is 1. The first-order chi connectivity index (χ1) is 12.7. The van der Waals surface area contributed by atoms with E-state index >= 15 is 0 Å². The van der Waals surface area contributed by atoms with Crippen molar-refractivity contribution >= 4 is 6.03 Å². The Balaban J connectivity index is 1.27. The fraction of sp³-hybridized carbons (Fsp3) is 0.667. The number of pyridine rings is 1. The number of carbonyl (C=O) groups excluding carboxylic acids is 1. The molecule has 4 heterocycles. The lowest BCUT2D eigenvalue weighted by molar-refractivity contribution is 0.0299. The minimum atomic E-state index is -0.217. The molecular weight excluding hydrogens is 338 g/mol. The van der Waals surface area contributed by atoms with Crippen molar-refractivity contribution in [2.75, 3.05) is 26.4 Å². The van der Waals surface area contributed by atoms with E-state index < -0.39 is 0 Å². The minimum Gasteiger partial charge on any atom is -0.483 e. The molecule has 5 atom stereocenters. The summed E-state index contributed by atoms with van der Waals surface area (Å²) < 4.78 is 23.3. The summed E-state index contributed by atoms with van der Waals surface area (Å²) in [5.41, 5.74) is 0.831. The standard InChI is InChI=1S/C18H25N3O5/c1-11-14(5-2-6-19-11)26-15-10-25-16-13(9-24-17(15)16)21-18(22)20-8-12-4-3-7-23-12/h2,5-6,12-13,15-17H,3-4,7-10H2,1H3,(H2,20,21,22)/t12?,13-,15-,16+,17+/m0/s1. The van der Waals surface area contributed by atoms with Gasteiger partial charge in [-0.15, -0.1) is 0 Å². The van der Waals surface area contributed by atoms with Gasteiger partial charge in [0.25, 0.3) is 0 Å². The van der Waals surface area contributed by atoms with Crippen molar-refractivity contribution in [2.45, 2.75) is 50.2 Å². The van der Waals surface area contributed by atoms with E-state index in [1.165, 1.54) is 0 Å². The zero-order valence-electron chi connectivity index (χ0n) is 14.8. The molecule has 1 unspecified atom stereocenters. The van der Waals surface area contributed by atoms with E-state index in [0.29, 0.717) is 19.8 Å². The third-order valence-corrected chi connectivity index (χ3v) is 5.08. The Morgan fingerprint density at radius 3 is 3.00 bits per heavy atom. The summed E-state index contributed by atoms with van der Waals surface area (Å²) in [5, 5.41) is 5.81. The summed E-state index contributed by atoms with van der Waals surface area (Å²) in [5.74, 6) is 0.732. The molecular formula is C18H25N3O5. The smallest absolute Gasteiger partial charge is 0.315 e. The van der Waals surface area contributed by atoms with E-state index in [2.05, 4.69) is 15.6 Å². The molecule has 0 aromatic carbocycles. The Morgan fingerprint density at radius 1 is 1.31 bits per heavy atom. The van der Waals surface area contributed by atoms with Gasteiger partial charge in [-0.25, -0.2) is 4.79 Å². The highest BCUT2D eigenvalue weighted by molar-refractivity contribution is 5.74. The van der Waals surface area contributed by atoms with Gasteiger partial charge in [0.15, 0.2) is 6.10 Å². The summed E-state index contributed by atoms with van der Waals surface area (Å²) in [6, 6.07) is 3.33. The van der Waals surface area contributed by atoms with Crippen molar-refractivity contribution in [1.29, 1.82) is 0 Å². The number of aryl methyl sites for hydroxylation is 1. The zero-order chi connectivity index (χ0) is 17.9. The van der Waals surface area contributed by atoms with Gasteiger partial charge in [0.1, 0.15) is 18.0 Å². The van der Waals surface area contributed by atoms with Crippen molar-refractivity contribution in [3.8, 4) is 5.75 Å². The van der Waals surface area contributed by atoms with Crippen LogP contribution in [0.2, 0.25) is 0 Å². The fourth-order valence-corrected chi connectivity index (χ4v) is 3.68. The SMILES string of the molecule is Cc1ncccc1O[C@H]1CO[C@H]2[C@@H]1OC[C@@H]2NC(=O)NCC1CCCO1. The van der Waals surface area contributed by atoms with Crippen LogP contribution >= 0.6 is 0 Å². The molecule has 1 aromatic rings. The lowest BCUT2D eigenvalue weighted by atomic mass is 10.1. The van der Waals surface area contributed by atoms with Gasteiger partial charge in [-0.05, 0) is 31.9 Å². The summed E-state index contributed by atoms with van der Waals surface area (Å²) >= 11 is 0. The van der Waals surface area contributed by atoms with Crippen molar-refractivity contribution in [3.63, 3.8) is 0 Å². The van der Waals surface area contributed by atoms with E-state index in [4.69, 9.17) is 18.9 Å². The highest BCUT2D eigenvalue weighted by atomic mass is 16.6. The van der Waals surface area contributed by atoms with Crippen molar-refractivity contribution in [1.82, 2.24) is 15.6 Å². The molecule has 3 aliphatic rings. The molecule has 2 N–H and O–H groups in total. The highest BCUT2D eigenvalue weighted by Crippen LogP contribution is 2.30. The van der Waals surface area contributed by atoms with Gasteiger partial charge >= 0.3 is 6.03 Å². The Kier molecular flexibility index (Phi) is 5.23. The van der Waals surface area contributed by atoms with Crippen LogP contribution in [0, 0.1) is 6.92 Å². The molecule has 3 fully saturated rings. The molecule has 1 aromatic heterocycles. The van der Waals surface area contributed by atoms with Crippen molar-refractivity contribution < 1.29 is 23.7 Å². The summed E-state index contributed by atoms with van der Waals surface area (Å²) in [6.45, 7) is 4.05. The van der Waals surface area contributed by atoms with Crippen molar-refractivity contribution in [2.24, 2.45) is 0 Å². The number of hydrogen-bond donors (Lipinski definition) is 2. The van der Waals surface area contributed by atoms with E-state index in [1.54, 1.807) is 6.20 Å². The molecule has 26 heavy (non-hydrogen) atoms. The Hall–Kier alpha value is -1.90. The molecule has 3 saturated heterocycles. The second-order valence-electron chi connectivity index (χ2n) is 6.94. The van der Waals surface area contributed by atoms with Gasteiger partial charge in [0.05, 0.1) is 31.1 Å². The minimum absolute atomic E-state index is 0.122. The maximum absolute atomic E-state index is 12.1. The molecule has 2 amide bonds. The van der Waals surface area contributed by atoms with Crippen LogP contribution in [0.25, 0.3) is 0 Å². The second kappa shape index (κ2) is 7.77. The molecule has 0 bridgehead atoms. The van der Waals surface area contributed by atoms with Crippen LogP contribution < -0.4 is 15.4 Å². The number of hydrogen-bond acceptors (Lipinski definition) is 6. The molecule has 3 aliphatic heterocycles. The Morgan fingerprint density at radius 2 is 2.19 bits per heavy atom. The number of ether oxygens (including phenoxy) is 4. The molecule has 0 radical (unpaired) electrons. The number of aromatic nitrogens is 1.